The Bertz CT molecular complexity index is 46.5. The molecule has 0 unspecified atom stereocenters. The number of hydrogen-bond donors (Lipinski definition) is 1. The van der Waals surface area contributed by atoms with Crippen LogP contribution in [0, 0.1) is 0 Å². The predicted octanol–water partition coefficient (Wildman–Crippen LogP) is -0.681. The van der Waals surface area contributed by atoms with Gasteiger partial charge in [-0.25, -0.2) is 0 Å². The summed E-state index contributed by atoms with van der Waals surface area (Å²) in [6, 6.07) is 0. The Morgan fingerprint density at radius 3 is 1.50 bits per heavy atom. The van der Waals surface area contributed by atoms with Gasteiger partial charge in [0.2, 0.25) is 0 Å². The molecule has 0 rings (SSSR count). The standard InChI is InChI=1S/C2H4O2.Li.O.2Ti.H/c1-2(3)4;;;;;/h1H3,(H,3,4);;;;;. The summed E-state index contributed by atoms with van der Waals surface area (Å²) >= 11 is 0.750. The second kappa shape index (κ2) is 23.9. The summed E-state index contributed by atoms with van der Waals surface area (Å²) in [5, 5.41) is 7.42. The predicted molar refractivity (Wildman–Crippen MR) is 21.1 cm³/mol. The fourth-order valence-electron chi connectivity index (χ4n) is 0. The molecule has 0 aliphatic heterocycles. The summed E-state index contributed by atoms with van der Waals surface area (Å²) in [5.41, 5.74) is 0. The van der Waals surface area contributed by atoms with E-state index in [2.05, 4.69) is 0 Å². The second-order valence-corrected chi connectivity index (χ2v) is 0.519. The van der Waals surface area contributed by atoms with E-state index < -0.39 is 5.97 Å². The van der Waals surface area contributed by atoms with Crippen LogP contribution in [0.3, 0.4) is 0 Å². The van der Waals surface area contributed by atoms with Crippen LogP contribution in [0.15, 0.2) is 0 Å². The van der Waals surface area contributed by atoms with E-state index in [4.69, 9.17) is 13.2 Å². The van der Waals surface area contributed by atoms with E-state index in [-0.39, 0.29) is 40.6 Å². The first-order chi connectivity index (χ1) is 2.73. The molecule has 0 amide bonds. The van der Waals surface area contributed by atoms with Crippen LogP contribution in [0.1, 0.15) is 6.92 Å². The molecule has 3 nitrogen and oxygen atoms in total. The topological polar surface area (TPSA) is 54.4 Å². The van der Waals surface area contributed by atoms with E-state index >= 15 is 0 Å². The van der Waals surface area contributed by atoms with Crippen molar-refractivity contribution < 1.29 is 55.3 Å². The molecule has 0 aliphatic carbocycles. The van der Waals surface area contributed by atoms with Gasteiger partial charge in [-0.1, -0.05) is 0 Å². The third-order valence-corrected chi connectivity index (χ3v) is 0. The number of rotatable bonds is 0. The maximum Gasteiger partial charge on any atom is 0 e. The van der Waals surface area contributed by atoms with Crippen molar-refractivity contribution in [3.63, 3.8) is 0 Å². The largest absolute Gasteiger partial charge is 0 e. The number of carboxylic acid groups (broad SMARTS) is 1. The zero-order valence-corrected chi connectivity index (χ0v) is 6.89. The van der Waals surface area contributed by atoms with Crippen molar-refractivity contribution in [1.29, 1.82) is 0 Å². The van der Waals surface area contributed by atoms with Gasteiger partial charge >= 0.3 is 42.6 Å². The van der Waals surface area contributed by atoms with Crippen LogP contribution < -0.4 is 0 Å². The first kappa shape index (κ1) is 22.8. The number of carboxylic acids is 1. The van der Waals surface area contributed by atoms with Crippen LogP contribution in [-0.4, -0.2) is 29.9 Å². The smallest absolute Gasteiger partial charge is 0 e. The normalized spacial score (nSPS) is 3.50. The summed E-state index contributed by atoms with van der Waals surface area (Å²) in [6.45, 7) is 1.08. The van der Waals surface area contributed by atoms with Crippen LogP contribution in [0.4, 0.5) is 0 Å². The molecule has 0 heterocycles. The first-order valence-electron chi connectivity index (χ1n) is 1.13. The molecule has 6 heteroatoms. The van der Waals surface area contributed by atoms with Crippen molar-refractivity contribution in [1.82, 2.24) is 0 Å². The molecule has 0 saturated heterocycles. The van der Waals surface area contributed by atoms with Crippen molar-refractivity contribution in [2.24, 2.45) is 0 Å². The molecule has 1 N–H and O–H groups in total. The third kappa shape index (κ3) is 172. The molecule has 8 heavy (non-hydrogen) atoms. The van der Waals surface area contributed by atoms with Crippen molar-refractivity contribution in [2.45, 2.75) is 6.92 Å². The molecule has 40 valence electrons. The Morgan fingerprint density at radius 2 is 1.50 bits per heavy atom. The molecule has 0 spiro atoms. The van der Waals surface area contributed by atoms with Crippen LogP contribution >= 0.6 is 0 Å². The zero-order chi connectivity index (χ0) is 5.58. The Labute approximate surface area is 86.4 Å². The Morgan fingerprint density at radius 1 is 1.50 bits per heavy atom. The van der Waals surface area contributed by atoms with Gasteiger partial charge in [-0.3, -0.25) is 4.79 Å². The van der Waals surface area contributed by atoms with Crippen LogP contribution in [0.25, 0.3) is 0 Å². The van der Waals surface area contributed by atoms with Gasteiger partial charge in [-0.2, -0.15) is 0 Å². The molecule has 0 atom stereocenters. The fraction of sp³-hybridized carbons (Fsp3) is 0.500. The van der Waals surface area contributed by atoms with Crippen LogP contribution in [0.2, 0.25) is 0 Å². The van der Waals surface area contributed by atoms with Crippen molar-refractivity contribution in [2.75, 3.05) is 0 Å². The van der Waals surface area contributed by atoms with Crippen LogP contribution in [-0.2, 0) is 50.2 Å². The molecule has 0 saturated carbocycles. The van der Waals surface area contributed by atoms with Gasteiger partial charge in [-0.05, 0) is 0 Å². The summed E-state index contributed by atoms with van der Waals surface area (Å²) < 4.78 is 8.25. The van der Waals surface area contributed by atoms with Crippen molar-refractivity contribution >= 4 is 24.8 Å². The second-order valence-electron chi connectivity index (χ2n) is 0.519. The molecule has 0 aromatic carbocycles. The van der Waals surface area contributed by atoms with Gasteiger partial charge in [0.25, 0.3) is 5.97 Å². The van der Waals surface area contributed by atoms with E-state index in [1.165, 1.54) is 0 Å². The monoisotopic (exact) mass is 180 g/mol. The quantitative estimate of drug-likeness (QED) is 0.502. The molecule has 0 aromatic rings. The summed E-state index contributed by atoms with van der Waals surface area (Å²) in [4.78, 5) is 9.00. The van der Waals surface area contributed by atoms with E-state index in [0.29, 0.717) is 0 Å². The van der Waals surface area contributed by atoms with E-state index in [9.17, 15) is 0 Å². The zero-order valence-electron chi connectivity index (χ0n) is 3.76. The van der Waals surface area contributed by atoms with Crippen molar-refractivity contribution in [3.8, 4) is 0 Å². The van der Waals surface area contributed by atoms with E-state index in [0.717, 1.165) is 27.3 Å². The summed E-state index contributed by atoms with van der Waals surface area (Å²) in [5.74, 6) is -0.833. The van der Waals surface area contributed by atoms with Gasteiger partial charge in [0.15, 0.2) is 0 Å². The van der Waals surface area contributed by atoms with Crippen molar-refractivity contribution in [3.05, 3.63) is 0 Å². The maximum atomic E-state index is 9.00. The Hall–Kier alpha value is 1.30. The Kier molecular flexibility index (Phi) is 68.2. The van der Waals surface area contributed by atoms with Gasteiger partial charge in [0.1, 0.15) is 0 Å². The third-order valence-electron chi connectivity index (χ3n) is 0. The first-order valence-corrected chi connectivity index (χ1v) is 1.77. The van der Waals surface area contributed by atoms with Gasteiger partial charge in [0, 0.05) is 28.6 Å². The van der Waals surface area contributed by atoms with Gasteiger partial charge in [0.05, 0.1) is 0 Å². The minimum atomic E-state index is -0.833. The van der Waals surface area contributed by atoms with E-state index in [1.54, 1.807) is 0 Å². The number of carbonyl (C=O) groups is 1. The van der Waals surface area contributed by atoms with Gasteiger partial charge in [-0.15, -0.1) is 0 Å². The van der Waals surface area contributed by atoms with Crippen LogP contribution in [0.5, 0.6) is 0 Å². The average molecular weight is 180 g/mol. The maximum absolute atomic E-state index is 9.00. The average Bonchev–Trinajstić information content (AvgIpc) is 1.41. The number of hydrogen-bond acceptors (Lipinski definition) is 2. The minimum absolute atomic E-state index is 0. The van der Waals surface area contributed by atoms with Gasteiger partial charge < -0.3 is 5.11 Å². The molecule has 0 aromatic heterocycles. The molecular weight excluding hydrogens is 175 g/mol. The Balaban J connectivity index is -0.0000000183. The number of aliphatic carboxylic acids is 1. The summed E-state index contributed by atoms with van der Waals surface area (Å²) in [6.07, 6.45) is 0. The summed E-state index contributed by atoms with van der Waals surface area (Å²) in [7, 11) is 0. The SMILES string of the molecule is CC(=O)O.[LiH].[O]=[Ti].[Ti]. The van der Waals surface area contributed by atoms with E-state index in [1.807, 2.05) is 0 Å². The molecule has 0 radical (unpaired) electrons. The minimum Gasteiger partial charge on any atom is 0 e. The molecular formula is C2H5LiO3Ti2. The fourth-order valence-corrected chi connectivity index (χ4v) is 0. The molecule has 0 bridgehead atoms. The molecule has 0 fully saturated rings. The molecule has 0 aliphatic rings.